The third-order valence-corrected chi connectivity index (χ3v) is 3.43. The molecule has 26 heavy (non-hydrogen) atoms. The maximum absolute atomic E-state index is 12.3. The fraction of sp³-hybridized carbons (Fsp3) is 0.278. The van der Waals surface area contributed by atoms with Crippen molar-refractivity contribution < 1.29 is 28.5 Å². The Balaban J connectivity index is 1.95. The molecule has 1 N–H and O–H groups in total. The number of hydrogen-bond donors (Lipinski definition) is 1. The molecule has 0 spiro atoms. The highest BCUT2D eigenvalue weighted by Gasteiger charge is 2.17. The molecular formula is C18H20N2O6. The molecule has 0 atom stereocenters. The number of benzene rings is 1. The predicted octanol–water partition coefficient (Wildman–Crippen LogP) is 1.58. The molecular weight excluding hydrogens is 340 g/mol. The van der Waals surface area contributed by atoms with Gasteiger partial charge in [0, 0.05) is 11.8 Å². The Morgan fingerprint density at radius 1 is 1.04 bits per heavy atom. The van der Waals surface area contributed by atoms with Crippen molar-refractivity contribution in [2.75, 3.05) is 27.9 Å². The summed E-state index contributed by atoms with van der Waals surface area (Å²) < 4.78 is 20.7. The third-order valence-electron chi connectivity index (χ3n) is 3.43. The first-order valence-electron chi connectivity index (χ1n) is 7.72. The summed E-state index contributed by atoms with van der Waals surface area (Å²) >= 11 is 0. The molecule has 0 unspecified atom stereocenters. The van der Waals surface area contributed by atoms with Crippen LogP contribution in [-0.2, 0) is 16.1 Å². The SMILES string of the molecule is COc1cc(C(=O)NCC(=O)OCc2ccccn2)cc(OC)c1OC. The first kappa shape index (κ1) is 19.0. The van der Waals surface area contributed by atoms with E-state index in [4.69, 9.17) is 18.9 Å². The van der Waals surface area contributed by atoms with Crippen LogP contribution in [0.5, 0.6) is 17.2 Å². The van der Waals surface area contributed by atoms with E-state index in [9.17, 15) is 9.59 Å². The van der Waals surface area contributed by atoms with Gasteiger partial charge in [0.05, 0.1) is 27.0 Å². The molecule has 0 fully saturated rings. The fourth-order valence-corrected chi connectivity index (χ4v) is 2.16. The molecule has 1 aromatic heterocycles. The van der Waals surface area contributed by atoms with Gasteiger partial charge in [-0.3, -0.25) is 14.6 Å². The van der Waals surface area contributed by atoms with Gasteiger partial charge in [0.15, 0.2) is 11.5 Å². The largest absolute Gasteiger partial charge is 0.493 e. The number of esters is 1. The van der Waals surface area contributed by atoms with Crippen molar-refractivity contribution in [3.63, 3.8) is 0 Å². The number of rotatable bonds is 8. The maximum atomic E-state index is 12.3. The molecule has 2 rings (SSSR count). The highest BCUT2D eigenvalue weighted by molar-refractivity contribution is 5.97. The summed E-state index contributed by atoms with van der Waals surface area (Å²) in [4.78, 5) is 28.1. The van der Waals surface area contributed by atoms with Crippen molar-refractivity contribution >= 4 is 11.9 Å². The number of aromatic nitrogens is 1. The molecule has 0 radical (unpaired) electrons. The van der Waals surface area contributed by atoms with Gasteiger partial charge in [-0.05, 0) is 24.3 Å². The summed E-state index contributed by atoms with van der Waals surface area (Å²) in [6.45, 7) is -0.234. The molecule has 0 bridgehead atoms. The topological polar surface area (TPSA) is 96.0 Å². The minimum absolute atomic E-state index is 0.0414. The van der Waals surface area contributed by atoms with E-state index in [2.05, 4.69) is 10.3 Å². The number of pyridine rings is 1. The summed E-state index contributed by atoms with van der Waals surface area (Å²) in [6, 6.07) is 8.29. The van der Waals surface area contributed by atoms with Crippen LogP contribution in [0.3, 0.4) is 0 Å². The normalized spacial score (nSPS) is 9.96. The molecule has 0 aliphatic rings. The highest BCUT2D eigenvalue weighted by atomic mass is 16.5. The van der Waals surface area contributed by atoms with Crippen molar-refractivity contribution in [1.82, 2.24) is 10.3 Å². The molecule has 0 saturated carbocycles. The lowest BCUT2D eigenvalue weighted by Crippen LogP contribution is -2.30. The Morgan fingerprint density at radius 3 is 2.27 bits per heavy atom. The van der Waals surface area contributed by atoms with Crippen LogP contribution in [0, 0.1) is 0 Å². The molecule has 0 aliphatic carbocycles. The number of carbonyl (C=O) groups excluding carboxylic acids is 2. The second-order valence-corrected chi connectivity index (χ2v) is 5.08. The van der Waals surface area contributed by atoms with Crippen LogP contribution < -0.4 is 19.5 Å². The molecule has 138 valence electrons. The van der Waals surface area contributed by atoms with E-state index in [-0.39, 0.29) is 18.7 Å². The van der Waals surface area contributed by atoms with Crippen LogP contribution in [0.25, 0.3) is 0 Å². The van der Waals surface area contributed by atoms with E-state index in [1.54, 1.807) is 24.4 Å². The molecule has 2 aromatic rings. The number of carbonyl (C=O) groups is 2. The zero-order chi connectivity index (χ0) is 18.9. The van der Waals surface area contributed by atoms with Crippen LogP contribution in [0.1, 0.15) is 16.1 Å². The maximum Gasteiger partial charge on any atom is 0.325 e. The van der Waals surface area contributed by atoms with E-state index < -0.39 is 11.9 Å². The zero-order valence-corrected chi connectivity index (χ0v) is 14.8. The lowest BCUT2D eigenvalue weighted by atomic mass is 10.1. The molecule has 1 amide bonds. The van der Waals surface area contributed by atoms with Gasteiger partial charge in [-0.1, -0.05) is 6.07 Å². The summed E-state index contributed by atoms with van der Waals surface area (Å²) in [5, 5.41) is 2.49. The molecule has 1 aromatic carbocycles. The van der Waals surface area contributed by atoms with Gasteiger partial charge >= 0.3 is 5.97 Å². The number of nitrogens with one attached hydrogen (secondary N) is 1. The lowest BCUT2D eigenvalue weighted by Gasteiger charge is -2.14. The second-order valence-electron chi connectivity index (χ2n) is 5.08. The fourth-order valence-electron chi connectivity index (χ4n) is 2.16. The van der Waals surface area contributed by atoms with Crippen molar-refractivity contribution in [3.8, 4) is 17.2 Å². The third kappa shape index (κ3) is 4.85. The van der Waals surface area contributed by atoms with Gasteiger partial charge in [-0.25, -0.2) is 0 Å². The molecule has 0 aliphatic heterocycles. The Labute approximate surface area is 151 Å². The number of methoxy groups -OCH3 is 3. The predicted molar refractivity (Wildman–Crippen MR) is 92.5 cm³/mol. The van der Waals surface area contributed by atoms with Gasteiger partial charge in [-0.2, -0.15) is 0 Å². The van der Waals surface area contributed by atoms with Gasteiger partial charge in [0.2, 0.25) is 5.75 Å². The van der Waals surface area contributed by atoms with E-state index in [1.165, 1.54) is 33.5 Å². The lowest BCUT2D eigenvalue weighted by molar-refractivity contribution is -0.143. The van der Waals surface area contributed by atoms with Crippen molar-refractivity contribution in [2.24, 2.45) is 0 Å². The van der Waals surface area contributed by atoms with Crippen molar-refractivity contribution in [3.05, 3.63) is 47.8 Å². The Kier molecular flexibility index (Phi) is 6.78. The van der Waals surface area contributed by atoms with E-state index in [0.29, 0.717) is 22.9 Å². The number of amides is 1. The van der Waals surface area contributed by atoms with E-state index >= 15 is 0 Å². The molecule has 8 heteroatoms. The minimum atomic E-state index is -0.573. The van der Waals surface area contributed by atoms with Crippen LogP contribution in [0.2, 0.25) is 0 Å². The van der Waals surface area contributed by atoms with Crippen LogP contribution in [0.4, 0.5) is 0 Å². The van der Waals surface area contributed by atoms with Gasteiger partial charge < -0.3 is 24.3 Å². The first-order chi connectivity index (χ1) is 12.6. The van der Waals surface area contributed by atoms with Gasteiger partial charge in [0.25, 0.3) is 5.91 Å². The number of hydrogen-bond acceptors (Lipinski definition) is 7. The average molecular weight is 360 g/mol. The first-order valence-corrected chi connectivity index (χ1v) is 7.72. The average Bonchev–Trinajstić information content (AvgIpc) is 2.69. The van der Waals surface area contributed by atoms with Gasteiger partial charge in [-0.15, -0.1) is 0 Å². The zero-order valence-electron chi connectivity index (χ0n) is 14.8. The second kappa shape index (κ2) is 9.26. The smallest absolute Gasteiger partial charge is 0.325 e. The Morgan fingerprint density at radius 2 is 1.73 bits per heavy atom. The summed E-state index contributed by atoms with van der Waals surface area (Å²) in [5.41, 5.74) is 0.883. The molecule has 8 nitrogen and oxygen atoms in total. The monoisotopic (exact) mass is 360 g/mol. The van der Waals surface area contributed by atoms with Crippen molar-refractivity contribution in [2.45, 2.75) is 6.61 Å². The summed E-state index contributed by atoms with van der Waals surface area (Å²) in [7, 11) is 4.37. The standard InChI is InChI=1S/C18H20N2O6/c1-23-14-8-12(9-15(24-2)17(14)25-3)18(22)20-10-16(21)26-11-13-6-4-5-7-19-13/h4-9H,10-11H2,1-3H3,(H,20,22). The Hall–Kier alpha value is -3.29. The van der Waals surface area contributed by atoms with Gasteiger partial charge in [0.1, 0.15) is 13.2 Å². The summed E-state index contributed by atoms with van der Waals surface area (Å²) in [5.74, 6) is 0.0151. The Bertz CT molecular complexity index is 739. The van der Waals surface area contributed by atoms with Crippen LogP contribution in [-0.4, -0.2) is 44.7 Å². The number of nitrogens with zero attached hydrogens (tertiary/aromatic N) is 1. The number of ether oxygens (including phenoxy) is 4. The minimum Gasteiger partial charge on any atom is -0.493 e. The van der Waals surface area contributed by atoms with Crippen LogP contribution >= 0.6 is 0 Å². The quantitative estimate of drug-likeness (QED) is 0.714. The van der Waals surface area contributed by atoms with E-state index in [1.807, 2.05) is 0 Å². The van der Waals surface area contributed by atoms with Crippen molar-refractivity contribution in [1.29, 1.82) is 0 Å². The van der Waals surface area contributed by atoms with Crippen LogP contribution in [0.15, 0.2) is 36.5 Å². The van der Waals surface area contributed by atoms with E-state index in [0.717, 1.165) is 0 Å². The summed E-state index contributed by atoms with van der Waals surface area (Å²) in [6.07, 6.45) is 1.61. The molecule has 1 heterocycles. The highest BCUT2D eigenvalue weighted by Crippen LogP contribution is 2.38. The molecule has 0 saturated heterocycles.